The van der Waals surface area contributed by atoms with Crippen molar-refractivity contribution in [3.05, 3.63) is 35.4 Å². The van der Waals surface area contributed by atoms with Gasteiger partial charge in [-0.3, -0.25) is 0 Å². The lowest BCUT2D eigenvalue weighted by Crippen LogP contribution is -2.37. The molecule has 0 fully saturated rings. The molecule has 2 rings (SSSR count). The average Bonchev–Trinajstić information content (AvgIpc) is 2.17. The quantitative estimate of drug-likeness (QED) is 0.681. The van der Waals surface area contributed by atoms with Crippen LogP contribution in [0.4, 0.5) is 4.79 Å². The lowest BCUT2D eigenvalue weighted by atomic mass is 9.87. The summed E-state index contributed by atoms with van der Waals surface area (Å²) in [5.74, 6) is -1.54. The van der Waals surface area contributed by atoms with Crippen LogP contribution in [0.15, 0.2) is 24.3 Å². The standard InChI is InChI=1S/C11H13NO3/c12-10(13)15-11(14)7-3-5-8-4-1-2-6-9(8)11/h1-2,4,6,14H,3,5,7H2,(H2,12,13). The molecule has 0 spiro atoms. The highest BCUT2D eigenvalue weighted by Gasteiger charge is 2.37. The van der Waals surface area contributed by atoms with Crippen LogP contribution >= 0.6 is 0 Å². The maximum Gasteiger partial charge on any atom is 0.407 e. The molecule has 0 aromatic heterocycles. The number of nitrogens with two attached hydrogens (primary N) is 1. The molecule has 0 saturated heterocycles. The fourth-order valence-electron chi connectivity index (χ4n) is 2.04. The van der Waals surface area contributed by atoms with Gasteiger partial charge in [-0.1, -0.05) is 24.3 Å². The predicted molar refractivity (Wildman–Crippen MR) is 53.9 cm³/mol. The molecule has 0 bridgehead atoms. The van der Waals surface area contributed by atoms with E-state index in [1.54, 1.807) is 12.1 Å². The summed E-state index contributed by atoms with van der Waals surface area (Å²) in [6, 6.07) is 7.38. The van der Waals surface area contributed by atoms with Crippen LogP contribution in [0.1, 0.15) is 24.0 Å². The summed E-state index contributed by atoms with van der Waals surface area (Å²) in [7, 11) is 0. The van der Waals surface area contributed by atoms with E-state index in [0.29, 0.717) is 12.0 Å². The van der Waals surface area contributed by atoms with Gasteiger partial charge in [0.15, 0.2) is 0 Å². The van der Waals surface area contributed by atoms with Crippen molar-refractivity contribution in [3.8, 4) is 0 Å². The second kappa shape index (κ2) is 3.55. The minimum atomic E-state index is -1.54. The number of carbonyl (C=O) groups is 1. The molecule has 1 aliphatic rings. The Labute approximate surface area is 87.7 Å². The van der Waals surface area contributed by atoms with E-state index in [2.05, 4.69) is 0 Å². The Balaban J connectivity index is 2.40. The predicted octanol–water partition coefficient (Wildman–Crippen LogP) is 1.26. The van der Waals surface area contributed by atoms with Gasteiger partial charge in [-0.2, -0.15) is 0 Å². The van der Waals surface area contributed by atoms with Crippen LogP contribution in [-0.2, 0) is 16.9 Å². The number of aryl methyl sites for hydroxylation is 1. The number of hydrogen-bond donors (Lipinski definition) is 2. The van der Waals surface area contributed by atoms with Crippen molar-refractivity contribution < 1.29 is 14.6 Å². The van der Waals surface area contributed by atoms with Crippen LogP contribution in [0.5, 0.6) is 0 Å². The Bertz CT molecular complexity index is 391. The molecule has 4 heteroatoms. The topological polar surface area (TPSA) is 72.6 Å². The molecule has 0 saturated carbocycles. The first-order valence-corrected chi connectivity index (χ1v) is 4.91. The molecule has 1 aromatic rings. The third kappa shape index (κ3) is 1.80. The summed E-state index contributed by atoms with van der Waals surface area (Å²) in [6.45, 7) is 0. The van der Waals surface area contributed by atoms with Crippen molar-refractivity contribution >= 4 is 6.09 Å². The second-order valence-corrected chi connectivity index (χ2v) is 3.72. The minimum Gasteiger partial charge on any atom is -0.413 e. The molecule has 0 heterocycles. The molecule has 1 unspecified atom stereocenters. The summed E-state index contributed by atoms with van der Waals surface area (Å²) < 4.78 is 4.80. The number of benzene rings is 1. The van der Waals surface area contributed by atoms with E-state index < -0.39 is 11.9 Å². The molecule has 0 aliphatic heterocycles. The first kappa shape index (κ1) is 9.98. The van der Waals surface area contributed by atoms with Gasteiger partial charge in [0, 0.05) is 12.0 Å². The number of amides is 1. The van der Waals surface area contributed by atoms with Crippen LogP contribution < -0.4 is 5.73 Å². The van der Waals surface area contributed by atoms with Crippen LogP contribution in [0.2, 0.25) is 0 Å². The highest BCUT2D eigenvalue weighted by Crippen LogP contribution is 2.35. The normalized spacial score (nSPS) is 24.3. The lowest BCUT2D eigenvalue weighted by molar-refractivity contribution is -0.177. The largest absolute Gasteiger partial charge is 0.413 e. The SMILES string of the molecule is NC(=O)OC1(O)CCCc2ccccc21. The van der Waals surface area contributed by atoms with Gasteiger partial charge in [0.25, 0.3) is 0 Å². The van der Waals surface area contributed by atoms with E-state index in [-0.39, 0.29) is 0 Å². The van der Waals surface area contributed by atoms with Gasteiger partial charge in [-0.25, -0.2) is 4.79 Å². The van der Waals surface area contributed by atoms with Crippen molar-refractivity contribution in [1.82, 2.24) is 0 Å². The van der Waals surface area contributed by atoms with Crippen LogP contribution in [0, 0.1) is 0 Å². The number of hydrogen-bond acceptors (Lipinski definition) is 3. The van der Waals surface area contributed by atoms with Gasteiger partial charge < -0.3 is 15.6 Å². The van der Waals surface area contributed by atoms with Gasteiger partial charge in [-0.05, 0) is 18.4 Å². The zero-order valence-corrected chi connectivity index (χ0v) is 8.27. The summed E-state index contributed by atoms with van der Waals surface area (Å²) in [6.07, 6.45) is 1.11. The van der Waals surface area contributed by atoms with Gasteiger partial charge in [0.1, 0.15) is 0 Å². The van der Waals surface area contributed by atoms with E-state index in [4.69, 9.17) is 10.5 Å². The Morgan fingerprint density at radius 1 is 1.47 bits per heavy atom. The third-order valence-electron chi connectivity index (χ3n) is 2.67. The van der Waals surface area contributed by atoms with E-state index in [1.165, 1.54) is 0 Å². The maximum atomic E-state index is 10.7. The number of carbonyl (C=O) groups excluding carboxylic acids is 1. The maximum absolute atomic E-state index is 10.7. The zero-order chi connectivity index (χ0) is 10.9. The van der Waals surface area contributed by atoms with Crippen LogP contribution in [-0.4, -0.2) is 11.2 Å². The number of fused-ring (bicyclic) bond motifs is 1. The van der Waals surface area contributed by atoms with E-state index >= 15 is 0 Å². The average molecular weight is 207 g/mol. The van der Waals surface area contributed by atoms with Gasteiger partial charge in [0.2, 0.25) is 5.79 Å². The number of primary amides is 1. The minimum absolute atomic E-state index is 0.396. The van der Waals surface area contributed by atoms with Crippen LogP contribution in [0.3, 0.4) is 0 Å². The van der Waals surface area contributed by atoms with E-state index in [1.807, 2.05) is 12.1 Å². The van der Waals surface area contributed by atoms with Crippen molar-refractivity contribution in [2.24, 2.45) is 5.73 Å². The first-order chi connectivity index (χ1) is 7.12. The van der Waals surface area contributed by atoms with E-state index in [0.717, 1.165) is 18.4 Å². The third-order valence-corrected chi connectivity index (χ3v) is 2.67. The Morgan fingerprint density at radius 2 is 2.20 bits per heavy atom. The number of aliphatic hydroxyl groups is 1. The fourth-order valence-corrected chi connectivity index (χ4v) is 2.04. The molecule has 1 amide bonds. The number of ether oxygens (including phenoxy) is 1. The molecular formula is C11H13NO3. The lowest BCUT2D eigenvalue weighted by Gasteiger charge is -2.32. The van der Waals surface area contributed by atoms with Gasteiger partial charge >= 0.3 is 6.09 Å². The summed E-state index contributed by atoms with van der Waals surface area (Å²) in [4.78, 5) is 10.7. The monoisotopic (exact) mass is 207 g/mol. The second-order valence-electron chi connectivity index (χ2n) is 3.72. The van der Waals surface area contributed by atoms with Crippen molar-refractivity contribution in [2.75, 3.05) is 0 Å². The fraction of sp³-hybridized carbons (Fsp3) is 0.364. The highest BCUT2D eigenvalue weighted by molar-refractivity contribution is 5.65. The Morgan fingerprint density at radius 3 is 2.93 bits per heavy atom. The summed E-state index contributed by atoms with van der Waals surface area (Å²) in [5.41, 5.74) is 6.60. The Hall–Kier alpha value is -1.55. The summed E-state index contributed by atoms with van der Waals surface area (Å²) >= 11 is 0. The van der Waals surface area contributed by atoms with Crippen molar-refractivity contribution in [3.63, 3.8) is 0 Å². The molecule has 0 radical (unpaired) electrons. The molecule has 4 nitrogen and oxygen atoms in total. The molecule has 1 aromatic carbocycles. The van der Waals surface area contributed by atoms with E-state index in [9.17, 15) is 9.90 Å². The molecule has 3 N–H and O–H groups in total. The first-order valence-electron chi connectivity index (χ1n) is 4.91. The van der Waals surface area contributed by atoms with Crippen LogP contribution in [0.25, 0.3) is 0 Å². The van der Waals surface area contributed by atoms with Crippen molar-refractivity contribution in [2.45, 2.75) is 25.0 Å². The smallest absolute Gasteiger partial charge is 0.407 e. The van der Waals surface area contributed by atoms with Crippen molar-refractivity contribution in [1.29, 1.82) is 0 Å². The molecular weight excluding hydrogens is 194 g/mol. The molecule has 15 heavy (non-hydrogen) atoms. The number of rotatable bonds is 1. The summed E-state index contributed by atoms with van der Waals surface area (Å²) in [5, 5.41) is 10.2. The molecule has 80 valence electrons. The highest BCUT2D eigenvalue weighted by atomic mass is 16.7. The molecule has 1 atom stereocenters. The zero-order valence-electron chi connectivity index (χ0n) is 8.27. The van der Waals surface area contributed by atoms with Gasteiger partial charge in [0.05, 0.1) is 0 Å². The molecule has 1 aliphatic carbocycles. The van der Waals surface area contributed by atoms with Gasteiger partial charge in [-0.15, -0.1) is 0 Å². The Kier molecular flexibility index (Phi) is 2.36.